The van der Waals surface area contributed by atoms with Crippen LogP contribution in [0.3, 0.4) is 0 Å². The highest BCUT2D eigenvalue weighted by atomic mass is 16.2. The molecule has 1 aromatic heterocycles. The smallest absolute Gasteiger partial charge is 0.228 e. The Kier molecular flexibility index (Phi) is 7.73. The van der Waals surface area contributed by atoms with Crippen LogP contribution in [0.4, 0.5) is 5.82 Å². The molecular weight excluding hydrogens is 348 g/mol. The van der Waals surface area contributed by atoms with Crippen molar-refractivity contribution in [2.24, 2.45) is 16.8 Å². The lowest BCUT2D eigenvalue weighted by Gasteiger charge is -2.31. The van der Waals surface area contributed by atoms with Gasteiger partial charge in [-0.3, -0.25) is 19.8 Å². The molecule has 28 heavy (non-hydrogen) atoms. The number of anilines is 1. The summed E-state index contributed by atoms with van der Waals surface area (Å²) in [6.07, 6.45) is 11.2. The summed E-state index contributed by atoms with van der Waals surface area (Å²) in [6.45, 7) is 12.8. The Morgan fingerprint density at radius 2 is 2.21 bits per heavy atom. The SMILES string of the molecule is C=C/C=C(\C=C/C)c1cc(N2CCC(/C(C)=C/C(=NC)C(C)C)CC2=O)n[nH]1. The van der Waals surface area contributed by atoms with E-state index in [1.54, 1.807) is 11.0 Å². The molecule has 5 nitrogen and oxygen atoms in total. The van der Waals surface area contributed by atoms with Crippen LogP contribution in [-0.4, -0.2) is 35.4 Å². The number of allylic oxidation sites excluding steroid dienone is 7. The van der Waals surface area contributed by atoms with Gasteiger partial charge in [-0.2, -0.15) is 5.10 Å². The number of rotatable bonds is 7. The zero-order valence-corrected chi connectivity index (χ0v) is 17.7. The minimum absolute atomic E-state index is 0.113. The zero-order valence-electron chi connectivity index (χ0n) is 17.7. The van der Waals surface area contributed by atoms with Crippen molar-refractivity contribution >= 4 is 23.0 Å². The topological polar surface area (TPSA) is 61.4 Å². The van der Waals surface area contributed by atoms with Gasteiger partial charge in [-0.15, -0.1) is 0 Å². The fourth-order valence-corrected chi connectivity index (χ4v) is 3.44. The molecule has 0 saturated carbocycles. The van der Waals surface area contributed by atoms with Crippen molar-refractivity contribution < 1.29 is 4.79 Å². The predicted octanol–water partition coefficient (Wildman–Crippen LogP) is 4.97. The molecule has 0 bridgehead atoms. The first-order valence-electron chi connectivity index (χ1n) is 9.87. The lowest BCUT2D eigenvalue weighted by atomic mass is 9.88. The van der Waals surface area contributed by atoms with E-state index in [2.05, 4.69) is 48.6 Å². The van der Waals surface area contributed by atoms with Crippen LogP contribution in [0.15, 0.2) is 53.6 Å². The number of nitrogens with one attached hydrogen (secondary N) is 1. The minimum Gasteiger partial charge on any atom is -0.295 e. The first-order valence-corrected chi connectivity index (χ1v) is 9.87. The van der Waals surface area contributed by atoms with Gasteiger partial charge in [0.2, 0.25) is 5.91 Å². The Labute approximate surface area is 168 Å². The molecule has 1 saturated heterocycles. The van der Waals surface area contributed by atoms with Crippen molar-refractivity contribution in [2.75, 3.05) is 18.5 Å². The summed E-state index contributed by atoms with van der Waals surface area (Å²) in [5, 5.41) is 7.40. The van der Waals surface area contributed by atoms with Crippen molar-refractivity contribution in [1.82, 2.24) is 10.2 Å². The first kappa shape index (κ1) is 21.6. The molecular formula is C23H32N4O. The molecule has 0 radical (unpaired) electrons. The summed E-state index contributed by atoms with van der Waals surface area (Å²) >= 11 is 0. The van der Waals surface area contributed by atoms with Crippen LogP contribution in [0, 0.1) is 11.8 Å². The second kappa shape index (κ2) is 10.0. The van der Waals surface area contributed by atoms with Gasteiger partial charge in [0.1, 0.15) is 0 Å². The number of hydrogen-bond donors (Lipinski definition) is 1. The molecule has 0 aromatic carbocycles. The van der Waals surface area contributed by atoms with Gasteiger partial charge >= 0.3 is 0 Å². The molecule has 2 heterocycles. The van der Waals surface area contributed by atoms with Gasteiger partial charge in [-0.1, -0.05) is 50.3 Å². The standard InChI is InChI=1S/C23H32N4O/c1-7-9-18(10-8-2)21-15-22(26-25-21)27-12-11-19(14-23(27)28)17(5)13-20(24-6)16(3)4/h7-10,13,15-16,19H,1,11-12,14H2,2-6H3,(H,25,26)/b10-8-,17-13+,18-9+,24-20?. The van der Waals surface area contributed by atoms with E-state index in [0.717, 1.165) is 23.4 Å². The number of carbonyl (C=O) groups is 1. The van der Waals surface area contributed by atoms with Gasteiger partial charge in [0.25, 0.3) is 0 Å². The fraction of sp³-hybridized carbons (Fsp3) is 0.435. The van der Waals surface area contributed by atoms with Gasteiger partial charge < -0.3 is 0 Å². The molecule has 1 atom stereocenters. The third kappa shape index (κ3) is 5.18. The number of piperidine rings is 1. The maximum absolute atomic E-state index is 12.8. The second-order valence-corrected chi connectivity index (χ2v) is 7.42. The van der Waals surface area contributed by atoms with Crippen molar-refractivity contribution in [3.63, 3.8) is 0 Å². The predicted molar refractivity (Wildman–Crippen MR) is 119 cm³/mol. The van der Waals surface area contributed by atoms with E-state index in [1.807, 2.05) is 38.3 Å². The van der Waals surface area contributed by atoms with Gasteiger partial charge in [0.15, 0.2) is 5.82 Å². The molecule has 0 spiro atoms. The Balaban J connectivity index is 2.13. The number of hydrogen-bond acceptors (Lipinski definition) is 3. The third-order valence-corrected chi connectivity index (χ3v) is 5.09. The number of aromatic nitrogens is 2. The molecule has 150 valence electrons. The van der Waals surface area contributed by atoms with E-state index < -0.39 is 0 Å². The van der Waals surface area contributed by atoms with Gasteiger partial charge in [0, 0.05) is 31.8 Å². The Bertz CT molecular complexity index is 823. The molecule has 0 aliphatic carbocycles. The van der Waals surface area contributed by atoms with Crippen molar-refractivity contribution in [3.05, 3.63) is 54.3 Å². The van der Waals surface area contributed by atoms with Gasteiger partial charge in [-0.25, -0.2) is 0 Å². The maximum Gasteiger partial charge on any atom is 0.228 e. The van der Waals surface area contributed by atoms with E-state index >= 15 is 0 Å². The monoisotopic (exact) mass is 380 g/mol. The molecule has 1 aliphatic rings. The average Bonchev–Trinajstić information content (AvgIpc) is 3.15. The summed E-state index contributed by atoms with van der Waals surface area (Å²) in [7, 11) is 1.82. The van der Waals surface area contributed by atoms with E-state index in [0.29, 0.717) is 24.7 Å². The number of nitrogens with zero attached hydrogens (tertiary/aromatic N) is 3. The molecule has 1 unspecified atom stereocenters. The normalized spacial score (nSPS) is 19.8. The quantitative estimate of drug-likeness (QED) is 0.536. The lowest BCUT2D eigenvalue weighted by Crippen LogP contribution is -2.39. The van der Waals surface area contributed by atoms with Crippen molar-refractivity contribution in [1.29, 1.82) is 0 Å². The highest BCUT2D eigenvalue weighted by molar-refractivity contribution is 5.97. The Morgan fingerprint density at radius 3 is 2.79 bits per heavy atom. The van der Waals surface area contributed by atoms with E-state index in [1.165, 1.54) is 5.57 Å². The minimum atomic E-state index is 0.113. The van der Waals surface area contributed by atoms with E-state index in [9.17, 15) is 4.79 Å². The number of aliphatic imine (C=N–C) groups is 1. The molecule has 1 aliphatic heterocycles. The average molecular weight is 381 g/mol. The number of H-pyrrole nitrogens is 1. The second-order valence-electron chi connectivity index (χ2n) is 7.42. The lowest BCUT2D eigenvalue weighted by molar-refractivity contribution is -0.120. The largest absolute Gasteiger partial charge is 0.295 e. The molecule has 1 aromatic rings. The van der Waals surface area contributed by atoms with Crippen molar-refractivity contribution in [2.45, 2.75) is 40.5 Å². The molecule has 5 heteroatoms. The summed E-state index contributed by atoms with van der Waals surface area (Å²) in [5.74, 6) is 1.43. The van der Waals surface area contributed by atoms with Crippen LogP contribution >= 0.6 is 0 Å². The summed E-state index contributed by atoms with van der Waals surface area (Å²) in [6, 6.07) is 1.93. The maximum atomic E-state index is 12.8. The first-order chi connectivity index (χ1) is 13.4. The Hall–Kier alpha value is -2.69. The van der Waals surface area contributed by atoms with Crippen LogP contribution in [0.2, 0.25) is 0 Å². The number of aromatic amines is 1. The number of amides is 1. The molecule has 2 rings (SSSR count). The van der Waals surface area contributed by atoms with E-state index in [-0.39, 0.29) is 11.8 Å². The molecule has 1 amide bonds. The van der Waals surface area contributed by atoms with Crippen LogP contribution in [0.25, 0.3) is 5.57 Å². The van der Waals surface area contributed by atoms with Gasteiger partial charge in [-0.05, 0) is 43.8 Å². The van der Waals surface area contributed by atoms with E-state index in [4.69, 9.17) is 0 Å². The highest BCUT2D eigenvalue weighted by Crippen LogP contribution is 2.29. The van der Waals surface area contributed by atoms with Gasteiger partial charge in [0.05, 0.1) is 5.69 Å². The number of carbonyl (C=O) groups excluding carboxylic acids is 1. The summed E-state index contributed by atoms with van der Waals surface area (Å²) in [4.78, 5) is 18.9. The molecule has 1 fully saturated rings. The third-order valence-electron chi connectivity index (χ3n) is 5.09. The van der Waals surface area contributed by atoms with Crippen LogP contribution in [0.5, 0.6) is 0 Å². The van der Waals surface area contributed by atoms with Crippen LogP contribution in [0.1, 0.15) is 46.2 Å². The summed E-state index contributed by atoms with van der Waals surface area (Å²) in [5.41, 5.74) is 4.17. The Morgan fingerprint density at radius 1 is 1.46 bits per heavy atom. The highest BCUT2D eigenvalue weighted by Gasteiger charge is 2.29. The zero-order chi connectivity index (χ0) is 20.7. The van der Waals surface area contributed by atoms with Crippen LogP contribution in [-0.2, 0) is 4.79 Å². The molecule has 1 N–H and O–H groups in total. The van der Waals surface area contributed by atoms with Crippen molar-refractivity contribution in [3.8, 4) is 0 Å². The summed E-state index contributed by atoms with van der Waals surface area (Å²) < 4.78 is 0. The fourth-order valence-electron chi connectivity index (χ4n) is 3.44. The van der Waals surface area contributed by atoms with Crippen LogP contribution < -0.4 is 4.90 Å².